The molecule has 2 aliphatic carbocycles. The van der Waals surface area contributed by atoms with Crippen LogP contribution in [0.25, 0.3) is 0 Å². The Morgan fingerprint density at radius 2 is 1.42 bits per heavy atom. The Bertz CT molecular complexity index is 647. The molecule has 2 unspecified atom stereocenters. The first-order valence-electron chi connectivity index (χ1n) is 10.8. The maximum Gasteiger partial charge on any atom is 1.00 e. The maximum atomic E-state index is 10.7. The quantitative estimate of drug-likeness (QED) is 0.292. The van der Waals surface area contributed by atoms with Crippen LogP contribution in [0.4, 0.5) is 0 Å². The zero-order valence-electron chi connectivity index (χ0n) is 20.2. The van der Waals surface area contributed by atoms with E-state index in [2.05, 4.69) is 38.0 Å². The minimum absolute atomic E-state index is 0. The number of piperidine rings is 2. The number of hydrogen-bond donors (Lipinski definition) is 1. The zero-order chi connectivity index (χ0) is 21.4. The van der Waals surface area contributed by atoms with Crippen molar-refractivity contribution in [2.75, 3.05) is 38.1 Å². The molecule has 0 bridgehead atoms. The molecule has 4 aliphatic rings. The molecule has 0 aromatic heterocycles. The van der Waals surface area contributed by atoms with E-state index in [1.54, 1.807) is 13.8 Å². The van der Waals surface area contributed by atoms with Gasteiger partial charge in [-0.25, -0.2) is 0 Å². The number of fused-ring (bicyclic) bond motifs is 2. The minimum Gasteiger partial charge on any atom is -1.00 e. The number of alkyl halides is 1. The van der Waals surface area contributed by atoms with E-state index in [4.69, 9.17) is 12.8 Å². The predicted octanol–water partition coefficient (Wildman–Crippen LogP) is 0.540. The molecule has 6 atom stereocenters. The van der Waals surface area contributed by atoms with Crippen LogP contribution < -0.4 is 56.7 Å². The van der Waals surface area contributed by atoms with E-state index in [-0.39, 0.29) is 71.0 Å². The molecule has 0 spiro atoms. The molecular weight excluding hydrogens is 503 g/mol. The Kier molecular flexibility index (Phi) is 16.8. The zero-order valence-corrected chi connectivity index (χ0v) is 24.8. The summed E-state index contributed by atoms with van der Waals surface area (Å²) in [6.07, 6.45) is 14.1. The van der Waals surface area contributed by atoms with Gasteiger partial charge in [0.15, 0.2) is 0 Å². The number of rotatable bonds is 7. The van der Waals surface area contributed by atoms with Gasteiger partial charge in [0.05, 0.1) is 0 Å². The molecule has 1 N–H and O–H groups in total. The average Bonchev–Trinajstić information content (AvgIpc) is 3.37. The normalized spacial score (nSPS) is 30.7. The summed E-state index contributed by atoms with van der Waals surface area (Å²) in [5, 5.41) is 4.23. The predicted molar refractivity (Wildman–Crippen MR) is 130 cm³/mol. The molecule has 0 aromatic carbocycles. The summed E-state index contributed by atoms with van der Waals surface area (Å²) in [7, 11) is 0. The Morgan fingerprint density at radius 1 is 0.968 bits per heavy atom. The van der Waals surface area contributed by atoms with Crippen molar-refractivity contribution in [2.24, 2.45) is 35.5 Å². The van der Waals surface area contributed by atoms with Crippen molar-refractivity contribution in [1.29, 1.82) is 0 Å². The number of carbonyl (C=O) groups is 2. The van der Waals surface area contributed by atoms with Crippen molar-refractivity contribution in [3.8, 4) is 24.7 Å². The summed E-state index contributed by atoms with van der Waals surface area (Å²) < 4.78 is 0. The van der Waals surface area contributed by atoms with Gasteiger partial charge in [0.1, 0.15) is 11.6 Å². The van der Waals surface area contributed by atoms with Crippen LogP contribution in [-0.2, 0) is 9.59 Å². The van der Waals surface area contributed by atoms with Gasteiger partial charge in [0.25, 0.3) is 0 Å². The molecule has 2 heterocycles. The second kappa shape index (κ2) is 16.4. The second-order valence-electron chi connectivity index (χ2n) is 8.76. The summed E-state index contributed by atoms with van der Waals surface area (Å²) in [5.41, 5.74) is 0. The van der Waals surface area contributed by atoms with E-state index in [0.717, 1.165) is 67.9 Å². The van der Waals surface area contributed by atoms with Gasteiger partial charge in [-0.15, -0.1) is 37.1 Å². The van der Waals surface area contributed by atoms with Gasteiger partial charge >= 0.3 is 51.4 Å². The van der Waals surface area contributed by atoms with E-state index in [1.807, 2.05) is 0 Å². The molecule has 170 valence electrons. The van der Waals surface area contributed by atoms with Crippen LogP contribution in [0.5, 0.6) is 0 Å². The number of ketones is 2. The monoisotopic (exact) mass is 538 g/mol. The first-order chi connectivity index (χ1) is 13.9. The fraction of sp³-hybridized carbons (Fsp3) is 0.750. The molecule has 2 aliphatic heterocycles. The smallest absolute Gasteiger partial charge is 1.00 e. The van der Waals surface area contributed by atoms with E-state index in [9.17, 15) is 9.59 Å². The fourth-order valence-electron chi connectivity index (χ4n) is 4.58. The van der Waals surface area contributed by atoms with Crippen LogP contribution in [-0.4, -0.2) is 54.5 Å². The topological polar surface area (TPSA) is 49.4 Å². The van der Waals surface area contributed by atoms with Crippen molar-refractivity contribution in [3.05, 3.63) is 0 Å². The number of carbonyl (C=O) groups excluding carboxylic acids is 2. The van der Waals surface area contributed by atoms with Gasteiger partial charge in [-0.2, -0.15) is 0 Å². The van der Waals surface area contributed by atoms with Gasteiger partial charge < -0.3 is 21.2 Å². The molecule has 0 radical (unpaired) electrons. The van der Waals surface area contributed by atoms with Crippen molar-refractivity contribution in [2.45, 2.75) is 39.5 Å². The van der Waals surface area contributed by atoms with Crippen LogP contribution in [0.2, 0.25) is 0 Å². The minimum atomic E-state index is 0. The van der Waals surface area contributed by atoms with Crippen LogP contribution >= 0.6 is 28.3 Å². The molecule has 31 heavy (non-hydrogen) atoms. The van der Waals surface area contributed by atoms with Crippen molar-refractivity contribution in [1.82, 2.24) is 10.2 Å². The summed E-state index contributed by atoms with van der Waals surface area (Å²) in [4.78, 5) is 23.4. The number of terminal acetylenes is 2. The second-order valence-corrected chi connectivity index (χ2v) is 9.55. The summed E-state index contributed by atoms with van der Waals surface area (Å²) in [5.74, 6) is 10.7. The third kappa shape index (κ3) is 10.7. The number of hydrogen-bond acceptors (Lipinski definition) is 4. The number of nitrogens with one attached hydrogen (secondary N) is 1. The van der Waals surface area contributed by atoms with Crippen LogP contribution in [0.15, 0.2) is 0 Å². The standard InChI is InChI=1S/C12H17NO.C7H9N.C5H9BrO.ClH.K.H/c1-3-10-11-7-13(8-12(10)11)6-4-5-9(2)14;1-2-5-6-3-8-4-7(5)6;1-5(7)3-2-4-6;;;/h1,10-12H,4-8H2,2H3;1,5-8H,3-4H2;2-4H2,1H3;1H;;/q;;;;+1;-1/t10?,11-,12+;5?,6-,7+;;;;. The van der Waals surface area contributed by atoms with Crippen molar-refractivity contribution >= 4 is 39.9 Å². The molecule has 4 rings (SSSR count). The molecule has 4 fully saturated rings. The summed E-state index contributed by atoms with van der Waals surface area (Å²) in [6.45, 7) is 9.01. The fourth-order valence-corrected chi connectivity index (χ4v) is 4.86. The largest absolute Gasteiger partial charge is 1.00 e. The van der Waals surface area contributed by atoms with Crippen molar-refractivity contribution in [3.63, 3.8) is 0 Å². The van der Waals surface area contributed by atoms with Crippen LogP contribution in [0.1, 0.15) is 41.0 Å². The molecule has 2 saturated carbocycles. The molecule has 0 amide bonds. The molecular formula is C24H37BrClKN2O2. The Morgan fingerprint density at radius 3 is 1.77 bits per heavy atom. The van der Waals surface area contributed by atoms with E-state index >= 15 is 0 Å². The third-order valence-electron chi connectivity index (χ3n) is 6.41. The van der Waals surface area contributed by atoms with Crippen molar-refractivity contribution < 1.29 is 62.4 Å². The number of likely N-dealkylation sites (tertiary alicyclic amines) is 1. The maximum absolute atomic E-state index is 10.7. The van der Waals surface area contributed by atoms with Gasteiger partial charge in [-0.3, -0.25) is 0 Å². The average molecular weight is 540 g/mol. The molecule has 4 nitrogen and oxygen atoms in total. The number of nitrogens with zero attached hydrogens (tertiary/aromatic N) is 1. The van der Waals surface area contributed by atoms with E-state index < -0.39 is 0 Å². The SMILES string of the molecule is C#CC1[C@H]2CN(CCCC(C)=O)C[C@@H]12.C#CC1[C@H]2CNC[C@@H]12.CC(=O)CCCBr.Cl.[H-].[K+]. The molecule has 7 heteroatoms. The van der Waals surface area contributed by atoms with Gasteiger partial charge in [0.2, 0.25) is 0 Å². The Balaban J connectivity index is 0. The van der Waals surface area contributed by atoms with Gasteiger partial charge in [-0.05, 0) is 70.0 Å². The van der Waals surface area contributed by atoms with Crippen LogP contribution in [0.3, 0.4) is 0 Å². The first kappa shape index (κ1) is 31.8. The Labute approximate surface area is 247 Å². The first-order valence-corrected chi connectivity index (χ1v) is 11.9. The third-order valence-corrected chi connectivity index (χ3v) is 6.97. The van der Waals surface area contributed by atoms with E-state index in [0.29, 0.717) is 24.0 Å². The number of halogens is 2. The van der Waals surface area contributed by atoms with E-state index in [1.165, 1.54) is 13.1 Å². The Hall–Kier alpha value is 0.786. The van der Waals surface area contributed by atoms with Crippen LogP contribution in [0, 0.1) is 60.2 Å². The van der Waals surface area contributed by atoms with Gasteiger partial charge in [0, 0.05) is 43.1 Å². The molecule has 0 aromatic rings. The summed E-state index contributed by atoms with van der Waals surface area (Å²) in [6, 6.07) is 0. The van der Waals surface area contributed by atoms with Gasteiger partial charge in [-0.1, -0.05) is 15.9 Å². The number of Topliss-reactive ketones (excluding diaryl/α,β-unsaturated/α-hetero) is 2. The molecule has 2 saturated heterocycles. The summed E-state index contributed by atoms with van der Waals surface area (Å²) >= 11 is 3.23.